The average Bonchev–Trinajstić information content (AvgIpc) is 2.97. The fourth-order valence-electron chi connectivity index (χ4n) is 2.01. The Balaban J connectivity index is 2.04. The summed E-state index contributed by atoms with van der Waals surface area (Å²) in [5.41, 5.74) is 1.27. The van der Waals surface area contributed by atoms with E-state index < -0.39 is 0 Å². The molecular formula is C15H13N5O2. The van der Waals surface area contributed by atoms with E-state index in [2.05, 4.69) is 21.1 Å². The Hall–Kier alpha value is -3.14. The number of nitriles is 1. The maximum absolute atomic E-state index is 8.98. The number of hydrogen-bond acceptors (Lipinski definition) is 6. The molecule has 1 aromatic carbocycles. The van der Waals surface area contributed by atoms with Crippen LogP contribution in [0.4, 0.5) is 0 Å². The molecule has 0 bridgehead atoms. The molecule has 0 atom stereocenters. The largest absolute Gasteiger partial charge is 0.490 e. The lowest BCUT2D eigenvalue weighted by Crippen LogP contribution is -2.01. The van der Waals surface area contributed by atoms with Gasteiger partial charge in [0.25, 0.3) is 5.78 Å². The molecule has 0 radical (unpaired) electrons. The number of aryl methyl sites for hydroxylation is 1. The van der Waals surface area contributed by atoms with Crippen molar-refractivity contribution in [3.05, 3.63) is 41.9 Å². The van der Waals surface area contributed by atoms with E-state index in [-0.39, 0.29) is 0 Å². The van der Waals surface area contributed by atoms with Crippen LogP contribution in [0.1, 0.15) is 18.2 Å². The van der Waals surface area contributed by atoms with E-state index in [1.807, 2.05) is 13.8 Å². The normalized spacial score (nSPS) is 10.4. The Labute approximate surface area is 126 Å². The summed E-state index contributed by atoms with van der Waals surface area (Å²) in [5.74, 6) is 1.94. The monoisotopic (exact) mass is 295 g/mol. The summed E-state index contributed by atoms with van der Waals surface area (Å²) in [6, 6.07) is 8.85. The molecule has 0 saturated heterocycles. The van der Waals surface area contributed by atoms with Gasteiger partial charge >= 0.3 is 0 Å². The van der Waals surface area contributed by atoms with Gasteiger partial charge in [-0.05, 0) is 26.0 Å². The minimum absolute atomic E-state index is 0.460. The maximum atomic E-state index is 8.98. The Morgan fingerprint density at radius 3 is 2.91 bits per heavy atom. The van der Waals surface area contributed by atoms with Gasteiger partial charge in [-0.3, -0.25) is 0 Å². The first kappa shape index (κ1) is 13.8. The standard InChI is InChI=1S/C15H13N5O2/c1-3-21-13-7-11(8-16)4-5-12(13)22-14-6-10(2)19-15-17-9-18-20(14)15/h4-7,9H,3H2,1-2H3. The fourth-order valence-corrected chi connectivity index (χ4v) is 2.01. The number of nitrogens with zero attached hydrogens (tertiary/aromatic N) is 5. The number of ether oxygens (including phenoxy) is 2. The van der Waals surface area contributed by atoms with Crippen molar-refractivity contribution < 1.29 is 9.47 Å². The lowest BCUT2D eigenvalue weighted by molar-refractivity contribution is 0.318. The van der Waals surface area contributed by atoms with Crippen molar-refractivity contribution in [1.82, 2.24) is 19.6 Å². The quantitative estimate of drug-likeness (QED) is 0.735. The smallest absolute Gasteiger partial charge is 0.255 e. The van der Waals surface area contributed by atoms with Gasteiger partial charge in [0.2, 0.25) is 5.88 Å². The molecule has 0 amide bonds. The zero-order chi connectivity index (χ0) is 15.5. The van der Waals surface area contributed by atoms with Crippen LogP contribution in [0.5, 0.6) is 17.4 Å². The third kappa shape index (κ3) is 2.54. The summed E-state index contributed by atoms with van der Waals surface area (Å²) in [4.78, 5) is 8.31. The molecule has 0 N–H and O–H groups in total. The first-order valence-corrected chi connectivity index (χ1v) is 6.73. The fraction of sp³-hybridized carbons (Fsp3) is 0.200. The van der Waals surface area contributed by atoms with Crippen molar-refractivity contribution in [1.29, 1.82) is 5.26 Å². The van der Waals surface area contributed by atoms with Crippen molar-refractivity contribution >= 4 is 5.78 Å². The molecule has 2 heterocycles. The molecule has 22 heavy (non-hydrogen) atoms. The van der Waals surface area contributed by atoms with Gasteiger partial charge in [0.1, 0.15) is 6.33 Å². The molecule has 110 valence electrons. The van der Waals surface area contributed by atoms with E-state index in [9.17, 15) is 0 Å². The first-order chi connectivity index (χ1) is 10.7. The summed E-state index contributed by atoms with van der Waals surface area (Å²) in [6.45, 7) is 4.19. The Morgan fingerprint density at radius 1 is 1.27 bits per heavy atom. The van der Waals surface area contributed by atoms with Crippen LogP contribution in [-0.2, 0) is 0 Å². The summed E-state index contributed by atoms with van der Waals surface area (Å²) in [5, 5.41) is 13.1. The van der Waals surface area contributed by atoms with Gasteiger partial charge in [0, 0.05) is 17.8 Å². The number of benzene rings is 1. The third-order valence-electron chi connectivity index (χ3n) is 2.93. The molecule has 0 aliphatic rings. The Kier molecular flexibility index (Phi) is 3.58. The van der Waals surface area contributed by atoms with E-state index in [1.54, 1.807) is 24.3 Å². The van der Waals surface area contributed by atoms with Crippen molar-refractivity contribution in [3.63, 3.8) is 0 Å². The van der Waals surface area contributed by atoms with Crippen molar-refractivity contribution in [2.24, 2.45) is 0 Å². The predicted octanol–water partition coefficient (Wildman–Crippen LogP) is 2.50. The van der Waals surface area contributed by atoms with Gasteiger partial charge in [-0.2, -0.15) is 19.9 Å². The highest BCUT2D eigenvalue weighted by atomic mass is 16.5. The first-order valence-electron chi connectivity index (χ1n) is 6.73. The maximum Gasteiger partial charge on any atom is 0.255 e. The summed E-state index contributed by atoms with van der Waals surface area (Å²) >= 11 is 0. The van der Waals surface area contributed by atoms with Crippen LogP contribution >= 0.6 is 0 Å². The number of fused-ring (bicyclic) bond motifs is 1. The van der Waals surface area contributed by atoms with Crippen LogP contribution in [0.15, 0.2) is 30.6 Å². The zero-order valence-corrected chi connectivity index (χ0v) is 12.1. The van der Waals surface area contributed by atoms with Gasteiger partial charge in [-0.1, -0.05) is 0 Å². The lowest BCUT2D eigenvalue weighted by Gasteiger charge is -2.12. The van der Waals surface area contributed by atoms with E-state index in [0.29, 0.717) is 35.3 Å². The number of aromatic nitrogens is 4. The second-order valence-electron chi connectivity index (χ2n) is 4.52. The highest BCUT2D eigenvalue weighted by Crippen LogP contribution is 2.32. The molecule has 3 rings (SSSR count). The van der Waals surface area contributed by atoms with Crippen molar-refractivity contribution in [2.45, 2.75) is 13.8 Å². The second-order valence-corrected chi connectivity index (χ2v) is 4.52. The summed E-state index contributed by atoms with van der Waals surface area (Å²) in [6.07, 6.45) is 1.41. The minimum atomic E-state index is 0.460. The average molecular weight is 295 g/mol. The number of hydrogen-bond donors (Lipinski definition) is 0. The third-order valence-corrected chi connectivity index (χ3v) is 2.93. The Bertz CT molecular complexity index is 866. The minimum Gasteiger partial charge on any atom is -0.490 e. The lowest BCUT2D eigenvalue weighted by atomic mass is 10.2. The van der Waals surface area contributed by atoms with Crippen LogP contribution in [-0.4, -0.2) is 26.2 Å². The van der Waals surface area contributed by atoms with Gasteiger partial charge in [-0.25, -0.2) is 4.98 Å². The van der Waals surface area contributed by atoms with Crippen LogP contribution in [0.25, 0.3) is 5.78 Å². The molecule has 0 fully saturated rings. The molecule has 7 heteroatoms. The van der Waals surface area contributed by atoms with Crippen molar-refractivity contribution in [3.8, 4) is 23.4 Å². The molecule has 0 aliphatic heterocycles. The van der Waals surface area contributed by atoms with E-state index in [4.69, 9.17) is 14.7 Å². The highest BCUT2D eigenvalue weighted by molar-refractivity contribution is 5.48. The molecule has 0 saturated carbocycles. The zero-order valence-electron chi connectivity index (χ0n) is 12.1. The van der Waals surface area contributed by atoms with Gasteiger partial charge in [0.05, 0.1) is 18.2 Å². The van der Waals surface area contributed by atoms with E-state index >= 15 is 0 Å². The van der Waals surface area contributed by atoms with E-state index in [0.717, 1.165) is 5.69 Å². The number of rotatable bonds is 4. The van der Waals surface area contributed by atoms with Crippen LogP contribution < -0.4 is 9.47 Å². The topological polar surface area (TPSA) is 85.3 Å². The van der Waals surface area contributed by atoms with Crippen LogP contribution in [0, 0.1) is 18.3 Å². The SMILES string of the molecule is CCOc1cc(C#N)ccc1Oc1cc(C)nc2ncnn12. The molecule has 3 aromatic rings. The van der Waals surface area contributed by atoms with Gasteiger partial charge in [0.15, 0.2) is 11.5 Å². The highest BCUT2D eigenvalue weighted by Gasteiger charge is 2.12. The van der Waals surface area contributed by atoms with E-state index in [1.165, 1.54) is 10.8 Å². The van der Waals surface area contributed by atoms with Gasteiger partial charge in [-0.15, -0.1) is 0 Å². The molecule has 0 aliphatic carbocycles. The van der Waals surface area contributed by atoms with Gasteiger partial charge < -0.3 is 9.47 Å². The molecule has 7 nitrogen and oxygen atoms in total. The molecule has 2 aromatic heterocycles. The Morgan fingerprint density at radius 2 is 2.14 bits per heavy atom. The van der Waals surface area contributed by atoms with Crippen molar-refractivity contribution in [2.75, 3.05) is 6.61 Å². The molecule has 0 spiro atoms. The predicted molar refractivity (Wildman–Crippen MR) is 77.9 cm³/mol. The molecular weight excluding hydrogens is 282 g/mol. The summed E-state index contributed by atoms with van der Waals surface area (Å²) < 4.78 is 12.9. The second kappa shape index (κ2) is 5.69. The molecule has 0 unspecified atom stereocenters. The van der Waals surface area contributed by atoms with Crippen LogP contribution in [0.2, 0.25) is 0 Å². The van der Waals surface area contributed by atoms with Crippen LogP contribution in [0.3, 0.4) is 0 Å². The summed E-state index contributed by atoms with van der Waals surface area (Å²) in [7, 11) is 0.